The lowest BCUT2D eigenvalue weighted by molar-refractivity contribution is -0.0459. The molecule has 0 aromatic heterocycles. The molecule has 3 nitrogen and oxygen atoms in total. The van der Waals surface area contributed by atoms with Crippen LogP contribution in [0.1, 0.15) is 30.5 Å². The highest BCUT2D eigenvalue weighted by atomic mass is 35.5. The van der Waals surface area contributed by atoms with Gasteiger partial charge in [0, 0.05) is 18.1 Å². The van der Waals surface area contributed by atoms with Crippen LogP contribution in [0.25, 0.3) is 0 Å². The highest BCUT2D eigenvalue weighted by Crippen LogP contribution is 2.26. The summed E-state index contributed by atoms with van der Waals surface area (Å²) in [6.45, 7) is 8.22. The topological polar surface area (TPSA) is 24.5 Å². The van der Waals surface area contributed by atoms with Crippen LogP contribution < -0.4 is 5.32 Å². The molecular formula is C16H25ClN2O. The van der Waals surface area contributed by atoms with Crippen molar-refractivity contribution in [2.45, 2.75) is 32.4 Å². The molecule has 1 aromatic rings. The van der Waals surface area contributed by atoms with Crippen molar-refractivity contribution in [3.63, 3.8) is 0 Å². The lowest BCUT2D eigenvalue weighted by Gasteiger charge is -2.37. The first-order valence-electron chi connectivity index (χ1n) is 7.43. The first-order valence-corrected chi connectivity index (χ1v) is 7.80. The van der Waals surface area contributed by atoms with Gasteiger partial charge in [0.1, 0.15) is 0 Å². The van der Waals surface area contributed by atoms with Gasteiger partial charge in [-0.05, 0) is 44.1 Å². The number of nitrogens with zero attached hydrogens (tertiary/aromatic N) is 1. The maximum atomic E-state index is 6.25. The minimum Gasteiger partial charge on any atom is -0.374 e. The zero-order valence-electron chi connectivity index (χ0n) is 12.7. The summed E-state index contributed by atoms with van der Waals surface area (Å²) in [5.74, 6) is 0. The maximum Gasteiger partial charge on any atom is 0.0896 e. The van der Waals surface area contributed by atoms with Crippen molar-refractivity contribution < 1.29 is 4.74 Å². The second-order valence-corrected chi connectivity index (χ2v) is 5.89. The zero-order valence-corrected chi connectivity index (χ0v) is 13.4. The molecule has 2 rings (SSSR count). The van der Waals surface area contributed by atoms with Gasteiger partial charge in [0.25, 0.3) is 0 Å². The van der Waals surface area contributed by atoms with Crippen LogP contribution in [0.15, 0.2) is 18.2 Å². The summed E-state index contributed by atoms with van der Waals surface area (Å²) in [5, 5.41) is 4.21. The van der Waals surface area contributed by atoms with E-state index in [4.69, 9.17) is 16.3 Å². The molecule has 1 N–H and O–H groups in total. The van der Waals surface area contributed by atoms with Crippen LogP contribution in [0.3, 0.4) is 0 Å². The molecule has 112 valence electrons. The molecule has 0 radical (unpaired) electrons. The van der Waals surface area contributed by atoms with E-state index >= 15 is 0 Å². The Hall–Kier alpha value is -0.610. The van der Waals surface area contributed by atoms with Crippen LogP contribution in [-0.2, 0) is 4.74 Å². The lowest BCUT2D eigenvalue weighted by Crippen LogP contribution is -2.47. The van der Waals surface area contributed by atoms with Crippen LogP contribution in [0.4, 0.5) is 0 Å². The maximum absolute atomic E-state index is 6.25. The molecule has 1 aliphatic heterocycles. The fourth-order valence-electron chi connectivity index (χ4n) is 2.82. The molecule has 2 unspecified atom stereocenters. The summed E-state index contributed by atoms with van der Waals surface area (Å²) in [4.78, 5) is 2.48. The molecule has 0 aliphatic carbocycles. The molecule has 1 saturated heterocycles. The molecule has 0 spiro atoms. The molecule has 1 heterocycles. The van der Waals surface area contributed by atoms with E-state index in [2.05, 4.69) is 35.3 Å². The zero-order chi connectivity index (χ0) is 14.5. The van der Waals surface area contributed by atoms with E-state index in [0.717, 1.165) is 36.8 Å². The number of morpholine rings is 1. The highest BCUT2D eigenvalue weighted by Gasteiger charge is 2.28. The molecule has 0 bridgehead atoms. The summed E-state index contributed by atoms with van der Waals surface area (Å²) < 4.78 is 5.98. The number of aryl methyl sites for hydroxylation is 1. The SMILES string of the molecule is CCCN1CCOC(C(NC)c2ccc(C)c(Cl)c2)C1. The van der Waals surface area contributed by atoms with Gasteiger partial charge < -0.3 is 10.1 Å². The fourth-order valence-corrected chi connectivity index (χ4v) is 3.01. The Labute approximate surface area is 127 Å². The van der Waals surface area contributed by atoms with Gasteiger partial charge in [0.05, 0.1) is 18.8 Å². The van der Waals surface area contributed by atoms with E-state index in [9.17, 15) is 0 Å². The van der Waals surface area contributed by atoms with E-state index in [1.54, 1.807) is 0 Å². The Morgan fingerprint density at radius 3 is 2.95 bits per heavy atom. The normalized spacial score (nSPS) is 21.9. The molecule has 20 heavy (non-hydrogen) atoms. The quantitative estimate of drug-likeness (QED) is 0.904. The molecule has 1 fully saturated rings. The number of halogens is 1. The number of ether oxygens (including phenoxy) is 1. The summed E-state index contributed by atoms with van der Waals surface area (Å²) in [5.41, 5.74) is 2.31. The van der Waals surface area contributed by atoms with Gasteiger partial charge in [-0.25, -0.2) is 0 Å². The number of hydrogen-bond acceptors (Lipinski definition) is 3. The van der Waals surface area contributed by atoms with Crippen molar-refractivity contribution >= 4 is 11.6 Å². The molecule has 1 aliphatic rings. The second-order valence-electron chi connectivity index (χ2n) is 5.48. The number of likely N-dealkylation sites (N-methyl/N-ethyl adjacent to an activating group) is 1. The minimum atomic E-state index is 0.180. The standard InChI is InChI=1S/C16H25ClN2O/c1-4-7-19-8-9-20-15(11-19)16(18-3)13-6-5-12(2)14(17)10-13/h5-6,10,15-16,18H,4,7-9,11H2,1-3H3. The predicted molar refractivity (Wildman–Crippen MR) is 84.5 cm³/mol. The first kappa shape index (κ1) is 15.8. The third-order valence-electron chi connectivity index (χ3n) is 3.96. The summed E-state index contributed by atoms with van der Waals surface area (Å²) in [6, 6.07) is 6.46. The van der Waals surface area contributed by atoms with Crippen LogP contribution in [0.5, 0.6) is 0 Å². The van der Waals surface area contributed by atoms with Crippen LogP contribution in [0, 0.1) is 6.92 Å². The van der Waals surface area contributed by atoms with Crippen LogP contribution in [-0.4, -0.2) is 44.3 Å². The van der Waals surface area contributed by atoms with Crippen molar-refractivity contribution in [2.24, 2.45) is 0 Å². The summed E-state index contributed by atoms with van der Waals surface area (Å²) in [6.07, 6.45) is 1.37. The smallest absolute Gasteiger partial charge is 0.0896 e. The van der Waals surface area contributed by atoms with Gasteiger partial charge in [-0.2, -0.15) is 0 Å². The van der Waals surface area contributed by atoms with E-state index < -0.39 is 0 Å². The second kappa shape index (κ2) is 7.41. The third kappa shape index (κ3) is 3.73. The molecule has 0 amide bonds. The third-order valence-corrected chi connectivity index (χ3v) is 4.36. The number of benzene rings is 1. The molecular weight excluding hydrogens is 272 g/mol. The Bertz CT molecular complexity index is 436. The van der Waals surface area contributed by atoms with Crippen molar-refractivity contribution in [1.82, 2.24) is 10.2 Å². The average Bonchev–Trinajstić information content (AvgIpc) is 2.44. The first-order chi connectivity index (χ1) is 9.65. The number of nitrogens with one attached hydrogen (secondary N) is 1. The van der Waals surface area contributed by atoms with Gasteiger partial charge in [-0.1, -0.05) is 30.7 Å². The van der Waals surface area contributed by atoms with E-state index in [0.29, 0.717) is 0 Å². The van der Waals surface area contributed by atoms with Gasteiger partial charge in [-0.15, -0.1) is 0 Å². The fraction of sp³-hybridized carbons (Fsp3) is 0.625. The van der Waals surface area contributed by atoms with Gasteiger partial charge in [0.15, 0.2) is 0 Å². The Balaban J connectivity index is 2.12. The molecule has 2 atom stereocenters. The van der Waals surface area contributed by atoms with Gasteiger partial charge in [0.2, 0.25) is 0 Å². The largest absolute Gasteiger partial charge is 0.374 e. The highest BCUT2D eigenvalue weighted by molar-refractivity contribution is 6.31. The van der Waals surface area contributed by atoms with Gasteiger partial charge in [-0.3, -0.25) is 4.90 Å². The average molecular weight is 297 g/mol. The minimum absolute atomic E-state index is 0.180. The summed E-state index contributed by atoms with van der Waals surface area (Å²) in [7, 11) is 1.99. The van der Waals surface area contributed by atoms with Gasteiger partial charge >= 0.3 is 0 Å². The Morgan fingerprint density at radius 1 is 1.50 bits per heavy atom. The molecule has 0 saturated carbocycles. The molecule has 1 aromatic carbocycles. The van der Waals surface area contributed by atoms with E-state index in [1.165, 1.54) is 12.0 Å². The Kier molecular flexibility index (Phi) is 5.85. The van der Waals surface area contributed by atoms with Crippen molar-refractivity contribution in [3.8, 4) is 0 Å². The van der Waals surface area contributed by atoms with E-state index in [-0.39, 0.29) is 12.1 Å². The van der Waals surface area contributed by atoms with Crippen LogP contribution >= 0.6 is 11.6 Å². The van der Waals surface area contributed by atoms with Crippen LogP contribution in [0.2, 0.25) is 5.02 Å². The monoisotopic (exact) mass is 296 g/mol. The van der Waals surface area contributed by atoms with E-state index in [1.807, 2.05) is 14.0 Å². The molecule has 4 heteroatoms. The Morgan fingerprint density at radius 2 is 2.30 bits per heavy atom. The number of rotatable bonds is 5. The van der Waals surface area contributed by atoms with Crippen molar-refractivity contribution in [3.05, 3.63) is 34.3 Å². The lowest BCUT2D eigenvalue weighted by atomic mass is 9.99. The summed E-state index contributed by atoms with van der Waals surface area (Å²) >= 11 is 6.25. The van der Waals surface area contributed by atoms with Crippen molar-refractivity contribution in [2.75, 3.05) is 33.3 Å². The predicted octanol–water partition coefficient (Wildman–Crippen LogP) is 3.02. The number of hydrogen-bond donors (Lipinski definition) is 1. The van der Waals surface area contributed by atoms with Crippen molar-refractivity contribution in [1.29, 1.82) is 0 Å².